The van der Waals surface area contributed by atoms with E-state index in [1.54, 1.807) is 6.07 Å². The molecule has 0 aliphatic heterocycles. The van der Waals surface area contributed by atoms with Gasteiger partial charge in [0.25, 0.3) is 5.91 Å². The molecule has 0 heterocycles. The van der Waals surface area contributed by atoms with E-state index in [0.717, 1.165) is 0 Å². The summed E-state index contributed by atoms with van der Waals surface area (Å²) in [6, 6.07) is 4.27. The minimum atomic E-state index is -1.67. The van der Waals surface area contributed by atoms with Crippen molar-refractivity contribution in [2.75, 3.05) is 6.54 Å². The third-order valence-corrected chi connectivity index (χ3v) is 2.44. The molecule has 0 saturated carbocycles. The van der Waals surface area contributed by atoms with E-state index in [0.29, 0.717) is 4.47 Å². The molecule has 0 radical (unpaired) electrons. The van der Waals surface area contributed by atoms with Gasteiger partial charge in [0.2, 0.25) is 0 Å². The summed E-state index contributed by atoms with van der Waals surface area (Å²) in [5.74, 6) is -2.32. The number of benzene rings is 1. The van der Waals surface area contributed by atoms with Gasteiger partial charge in [-0.2, -0.15) is 0 Å². The van der Waals surface area contributed by atoms with Gasteiger partial charge in [0.15, 0.2) is 6.10 Å². The topological polar surface area (TPSA) is 107 Å². The van der Waals surface area contributed by atoms with E-state index >= 15 is 0 Å². The molecular weight excluding hydrogens is 294 g/mol. The van der Waals surface area contributed by atoms with Crippen molar-refractivity contribution in [3.63, 3.8) is 0 Å². The predicted molar refractivity (Wildman–Crippen MR) is 61.8 cm³/mol. The zero-order valence-electron chi connectivity index (χ0n) is 8.55. The lowest BCUT2D eigenvalue weighted by Gasteiger charge is -2.09. The molecule has 4 N–H and O–H groups in total. The lowest BCUT2D eigenvalue weighted by molar-refractivity contribution is -0.146. The van der Waals surface area contributed by atoms with Crippen molar-refractivity contribution >= 4 is 27.8 Å². The number of phenolic OH excluding ortho intramolecular Hbond substituents is 1. The molecule has 0 saturated heterocycles. The summed E-state index contributed by atoms with van der Waals surface area (Å²) >= 11 is 3.13. The largest absolute Gasteiger partial charge is 0.507 e. The molecule has 17 heavy (non-hydrogen) atoms. The van der Waals surface area contributed by atoms with Crippen molar-refractivity contribution in [2.24, 2.45) is 0 Å². The number of hydrogen-bond acceptors (Lipinski definition) is 4. The number of aromatic hydroxyl groups is 1. The number of amides is 1. The highest BCUT2D eigenvalue weighted by Gasteiger charge is 2.16. The average molecular weight is 304 g/mol. The van der Waals surface area contributed by atoms with Crippen LogP contribution in [-0.4, -0.2) is 39.8 Å². The Morgan fingerprint density at radius 1 is 1.41 bits per heavy atom. The highest BCUT2D eigenvalue weighted by atomic mass is 79.9. The average Bonchev–Trinajstić information content (AvgIpc) is 2.28. The molecule has 1 amide bonds. The van der Waals surface area contributed by atoms with E-state index in [2.05, 4.69) is 21.2 Å². The molecule has 0 aromatic heterocycles. The van der Waals surface area contributed by atoms with Gasteiger partial charge in [0, 0.05) is 4.47 Å². The van der Waals surface area contributed by atoms with Crippen LogP contribution in [0.2, 0.25) is 0 Å². The first-order valence-electron chi connectivity index (χ1n) is 4.59. The van der Waals surface area contributed by atoms with Gasteiger partial charge in [-0.05, 0) is 18.2 Å². The van der Waals surface area contributed by atoms with Crippen LogP contribution in [0.25, 0.3) is 0 Å². The number of hydrogen-bond donors (Lipinski definition) is 4. The fourth-order valence-electron chi connectivity index (χ4n) is 1.06. The maximum absolute atomic E-state index is 11.5. The van der Waals surface area contributed by atoms with Gasteiger partial charge in [-0.25, -0.2) is 4.79 Å². The van der Waals surface area contributed by atoms with E-state index in [9.17, 15) is 14.7 Å². The summed E-state index contributed by atoms with van der Waals surface area (Å²) in [6.07, 6.45) is -1.67. The Labute approximate surface area is 105 Å². The summed E-state index contributed by atoms with van der Waals surface area (Å²) in [5, 5.41) is 29.0. The Morgan fingerprint density at radius 2 is 2.06 bits per heavy atom. The molecule has 6 nitrogen and oxygen atoms in total. The molecule has 1 aromatic rings. The maximum Gasteiger partial charge on any atom is 0.334 e. The van der Waals surface area contributed by atoms with Gasteiger partial charge in [-0.1, -0.05) is 15.9 Å². The van der Waals surface area contributed by atoms with Crippen LogP contribution in [0.15, 0.2) is 22.7 Å². The lowest BCUT2D eigenvalue weighted by atomic mass is 10.2. The maximum atomic E-state index is 11.5. The summed E-state index contributed by atoms with van der Waals surface area (Å²) in [5.41, 5.74) is -0.00281. The Balaban J connectivity index is 2.70. The number of rotatable bonds is 4. The summed E-state index contributed by atoms with van der Waals surface area (Å²) in [7, 11) is 0. The summed E-state index contributed by atoms with van der Waals surface area (Å²) in [6.45, 7) is -0.430. The van der Waals surface area contributed by atoms with E-state index in [-0.39, 0.29) is 11.3 Å². The van der Waals surface area contributed by atoms with Crippen LogP contribution in [0, 0.1) is 0 Å². The second kappa shape index (κ2) is 5.65. The third kappa shape index (κ3) is 3.72. The van der Waals surface area contributed by atoms with Crippen LogP contribution in [0.1, 0.15) is 10.4 Å². The van der Waals surface area contributed by atoms with Crippen molar-refractivity contribution < 1.29 is 24.9 Å². The fourth-order valence-corrected chi connectivity index (χ4v) is 1.42. The molecular formula is C10H10BrNO5. The first kappa shape index (κ1) is 13.5. The summed E-state index contributed by atoms with van der Waals surface area (Å²) < 4.78 is 0.597. The Bertz CT molecular complexity index is 448. The van der Waals surface area contributed by atoms with E-state index in [4.69, 9.17) is 10.2 Å². The smallest absolute Gasteiger partial charge is 0.334 e. The van der Waals surface area contributed by atoms with Crippen molar-refractivity contribution in [2.45, 2.75) is 6.10 Å². The van der Waals surface area contributed by atoms with Crippen molar-refractivity contribution in [3.8, 4) is 5.75 Å². The number of aliphatic carboxylic acids is 1. The second-order valence-corrected chi connectivity index (χ2v) is 4.14. The van der Waals surface area contributed by atoms with E-state index in [1.165, 1.54) is 12.1 Å². The highest BCUT2D eigenvalue weighted by Crippen LogP contribution is 2.21. The SMILES string of the molecule is O=C(NCC(O)C(=O)O)c1cc(Br)ccc1O. The number of carboxylic acid groups (broad SMARTS) is 1. The number of aliphatic hydroxyl groups is 1. The first-order chi connectivity index (χ1) is 7.91. The van der Waals surface area contributed by atoms with Crippen molar-refractivity contribution in [3.05, 3.63) is 28.2 Å². The van der Waals surface area contributed by atoms with Crippen LogP contribution in [0.3, 0.4) is 0 Å². The molecule has 1 rings (SSSR count). The van der Waals surface area contributed by atoms with E-state index in [1.807, 2.05) is 0 Å². The van der Waals surface area contributed by atoms with Gasteiger partial charge >= 0.3 is 5.97 Å². The Morgan fingerprint density at radius 3 is 2.65 bits per heavy atom. The minimum absolute atomic E-state index is 0.00281. The van der Waals surface area contributed by atoms with Gasteiger partial charge in [-0.3, -0.25) is 4.79 Å². The number of carbonyl (C=O) groups excluding carboxylic acids is 1. The van der Waals surface area contributed by atoms with E-state index < -0.39 is 24.5 Å². The quantitative estimate of drug-likeness (QED) is 0.641. The lowest BCUT2D eigenvalue weighted by Crippen LogP contribution is -2.36. The van der Waals surface area contributed by atoms with Crippen molar-refractivity contribution in [1.29, 1.82) is 0 Å². The highest BCUT2D eigenvalue weighted by molar-refractivity contribution is 9.10. The van der Waals surface area contributed by atoms with Gasteiger partial charge in [0.1, 0.15) is 5.75 Å². The number of carboxylic acids is 1. The van der Waals surface area contributed by atoms with Crippen LogP contribution < -0.4 is 5.32 Å². The first-order valence-corrected chi connectivity index (χ1v) is 5.38. The van der Waals surface area contributed by atoms with Gasteiger partial charge in [-0.15, -0.1) is 0 Å². The molecule has 7 heteroatoms. The molecule has 0 aliphatic rings. The minimum Gasteiger partial charge on any atom is -0.507 e. The second-order valence-electron chi connectivity index (χ2n) is 3.23. The molecule has 92 valence electrons. The van der Waals surface area contributed by atoms with Crippen LogP contribution in [0.4, 0.5) is 0 Å². The number of nitrogens with one attached hydrogen (secondary N) is 1. The zero-order valence-corrected chi connectivity index (χ0v) is 10.1. The Hall–Kier alpha value is -1.60. The standard InChI is InChI=1S/C10H10BrNO5/c11-5-1-2-7(13)6(3-5)9(15)12-4-8(14)10(16)17/h1-3,8,13-14H,4H2,(H,12,15)(H,16,17). The van der Waals surface area contributed by atoms with Gasteiger partial charge < -0.3 is 20.6 Å². The van der Waals surface area contributed by atoms with Crippen LogP contribution >= 0.6 is 15.9 Å². The monoisotopic (exact) mass is 303 g/mol. The fraction of sp³-hybridized carbons (Fsp3) is 0.200. The molecule has 0 fully saturated rings. The predicted octanol–water partition coefficient (Wildman–Crippen LogP) is 0.330. The molecule has 1 aromatic carbocycles. The van der Waals surface area contributed by atoms with Gasteiger partial charge in [0.05, 0.1) is 12.1 Å². The molecule has 0 spiro atoms. The molecule has 0 bridgehead atoms. The Kier molecular flexibility index (Phi) is 4.47. The van der Waals surface area contributed by atoms with Crippen LogP contribution in [0.5, 0.6) is 5.75 Å². The van der Waals surface area contributed by atoms with Crippen LogP contribution in [-0.2, 0) is 4.79 Å². The molecule has 0 aliphatic carbocycles. The zero-order chi connectivity index (χ0) is 13.0. The molecule has 1 unspecified atom stereocenters. The number of halogens is 1. The number of aliphatic hydroxyl groups excluding tert-OH is 1. The normalized spacial score (nSPS) is 11.9. The summed E-state index contributed by atoms with van der Waals surface area (Å²) in [4.78, 5) is 21.9. The van der Waals surface area contributed by atoms with Crippen molar-refractivity contribution in [1.82, 2.24) is 5.32 Å². The third-order valence-electron chi connectivity index (χ3n) is 1.94. The number of phenols is 1. The molecule has 1 atom stereocenters. The number of carbonyl (C=O) groups is 2.